The third kappa shape index (κ3) is 8.74. The lowest BCUT2D eigenvalue weighted by atomic mass is 10.1. The Morgan fingerprint density at radius 2 is 1.00 bits per heavy atom. The Balaban J connectivity index is 0.000000189. The second kappa shape index (κ2) is 17.7. The molecule has 288 valence electrons. The van der Waals surface area contributed by atoms with Crippen LogP contribution in [0.1, 0.15) is 37.3 Å². The van der Waals surface area contributed by atoms with Gasteiger partial charge in [0.25, 0.3) is 11.1 Å². The molecule has 2 atom stereocenters. The largest absolute Gasteiger partial charge is 0.384 e. The number of anilines is 3. The molecular formula is C42H37Cl3N10O2. The Morgan fingerprint density at radius 3 is 1.44 bits per heavy atom. The van der Waals surface area contributed by atoms with Crippen LogP contribution in [-0.4, -0.2) is 29.1 Å². The van der Waals surface area contributed by atoms with Gasteiger partial charge in [0.1, 0.15) is 35.3 Å². The van der Waals surface area contributed by atoms with Crippen LogP contribution in [0.15, 0.2) is 144 Å². The molecule has 0 aliphatic carbocycles. The van der Waals surface area contributed by atoms with Gasteiger partial charge in [0.15, 0.2) is 0 Å². The lowest BCUT2D eigenvalue weighted by Gasteiger charge is -2.21. The van der Waals surface area contributed by atoms with Gasteiger partial charge in [0.2, 0.25) is 0 Å². The van der Waals surface area contributed by atoms with E-state index in [1.165, 1.54) is 12.7 Å². The molecule has 4 heterocycles. The Morgan fingerprint density at radius 1 is 0.561 bits per heavy atom. The normalized spacial score (nSPS) is 11.9. The van der Waals surface area contributed by atoms with E-state index in [0.717, 1.165) is 33.5 Å². The van der Waals surface area contributed by atoms with E-state index in [0.29, 0.717) is 43.4 Å². The number of nitrogens with zero attached hydrogens (tertiary/aromatic N) is 6. The third-order valence-electron chi connectivity index (χ3n) is 9.02. The monoisotopic (exact) mass is 818 g/mol. The van der Waals surface area contributed by atoms with Crippen LogP contribution in [-0.2, 0) is 0 Å². The molecule has 8 aromatic rings. The first-order valence-electron chi connectivity index (χ1n) is 17.5. The molecule has 0 unspecified atom stereocenters. The summed E-state index contributed by atoms with van der Waals surface area (Å²) in [7, 11) is 0. The van der Waals surface area contributed by atoms with E-state index in [1.807, 2.05) is 111 Å². The number of nitrogens with two attached hydrogens (primary N) is 1. The summed E-state index contributed by atoms with van der Waals surface area (Å²) in [6.45, 7) is 3.92. The molecule has 15 heteroatoms. The number of benzene rings is 4. The van der Waals surface area contributed by atoms with E-state index in [9.17, 15) is 9.59 Å². The number of hydrogen-bond donors (Lipinski definition) is 4. The van der Waals surface area contributed by atoms with Gasteiger partial charge in [-0.05, 0) is 73.2 Å². The number of nitrogen functional groups attached to an aromatic ring is 1. The predicted molar refractivity (Wildman–Crippen MR) is 232 cm³/mol. The second-order valence-electron chi connectivity index (χ2n) is 12.8. The smallest absolute Gasteiger partial charge is 0.264 e. The Kier molecular flexibility index (Phi) is 12.5. The number of halogens is 3. The molecule has 12 nitrogen and oxygen atoms in total. The maximum Gasteiger partial charge on any atom is 0.264 e. The minimum atomic E-state index is -0.234. The number of pyridine rings is 2. The number of nitrogens with one attached hydrogen (secondary N) is 2. The minimum Gasteiger partial charge on any atom is -0.384 e. The average Bonchev–Trinajstić information content (AvgIpc) is 3.18. The summed E-state index contributed by atoms with van der Waals surface area (Å²) in [5.41, 5.74) is 8.50. The summed E-state index contributed by atoms with van der Waals surface area (Å²) in [6.07, 6.45) is 2.79. The molecule has 0 amide bonds. The molecule has 0 fully saturated rings. The minimum absolute atomic E-state index is 0. The fourth-order valence-electron chi connectivity index (χ4n) is 6.46. The summed E-state index contributed by atoms with van der Waals surface area (Å²) in [5.74, 6) is 1.53. The fourth-order valence-corrected chi connectivity index (χ4v) is 7.13. The highest BCUT2D eigenvalue weighted by molar-refractivity contribution is 6.35. The molecule has 0 spiro atoms. The Hall–Kier alpha value is -6.31. The lowest BCUT2D eigenvalue weighted by molar-refractivity contribution is 0.773. The quantitative estimate of drug-likeness (QED) is 0.108. The molecule has 0 aliphatic heterocycles. The van der Waals surface area contributed by atoms with E-state index >= 15 is 0 Å². The highest BCUT2D eigenvalue weighted by Crippen LogP contribution is 2.29. The molecule has 57 heavy (non-hydrogen) atoms. The van der Waals surface area contributed by atoms with E-state index in [2.05, 4.69) is 30.6 Å². The molecule has 0 saturated carbocycles. The Labute approximate surface area is 342 Å². The number of aromatic nitrogens is 6. The zero-order chi connectivity index (χ0) is 39.3. The zero-order valence-electron chi connectivity index (χ0n) is 30.8. The topological polar surface area (TPSA) is 181 Å². The van der Waals surface area contributed by atoms with Crippen molar-refractivity contribution in [2.24, 2.45) is 0 Å². The first kappa shape index (κ1) is 40.4. The van der Waals surface area contributed by atoms with Gasteiger partial charge in [-0.2, -0.15) is 0 Å². The highest BCUT2D eigenvalue weighted by atomic mass is 35.5. The molecule has 0 radical (unpaired) electrons. The van der Waals surface area contributed by atoms with Crippen molar-refractivity contribution in [3.63, 3.8) is 0 Å². The van der Waals surface area contributed by atoms with E-state index in [-0.39, 0.29) is 29.4 Å². The van der Waals surface area contributed by atoms with Gasteiger partial charge in [-0.15, -0.1) is 0 Å². The number of para-hydroxylation sites is 2. The van der Waals surface area contributed by atoms with Crippen LogP contribution in [0, 0.1) is 0 Å². The zero-order valence-corrected chi connectivity index (χ0v) is 33.0. The number of rotatable bonds is 8. The molecule has 4 aromatic carbocycles. The van der Waals surface area contributed by atoms with Crippen LogP contribution in [0.3, 0.4) is 0 Å². The van der Waals surface area contributed by atoms with Crippen LogP contribution in [0.25, 0.3) is 32.9 Å². The van der Waals surface area contributed by atoms with Crippen LogP contribution < -0.4 is 33.6 Å². The van der Waals surface area contributed by atoms with Gasteiger partial charge in [0, 0.05) is 34.9 Å². The van der Waals surface area contributed by atoms with Crippen LogP contribution >= 0.6 is 34.8 Å². The fraction of sp³-hybridized carbons (Fsp3) is 0.0952. The number of hydrogen-bond acceptors (Lipinski definition) is 10. The van der Waals surface area contributed by atoms with E-state index in [4.69, 9.17) is 40.5 Å². The summed E-state index contributed by atoms with van der Waals surface area (Å²) < 4.78 is 3.35. The van der Waals surface area contributed by atoms with Crippen molar-refractivity contribution in [3.05, 3.63) is 181 Å². The molecule has 0 saturated heterocycles. The van der Waals surface area contributed by atoms with Crippen molar-refractivity contribution in [1.82, 2.24) is 35.2 Å². The first-order valence-corrected chi connectivity index (χ1v) is 18.6. The van der Waals surface area contributed by atoms with Crippen molar-refractivity contribution in [3.8, 4) is 11.4 Å². The summed E-state index contributed by atoms with van der Waals surface area (Å²) >= 11 is 18.6. The van der Waals surface area contributed by atoms with Crippen molar-refractivity contribution >= 4 is 73.8 Å². The van der Waals surface area contributed by atoms with Crippen LogP contribution in [0.4, 0.5) is 17.5 Å². The van der Waals surface area contributed by atoms with Gasteiger partial charge in [-0.3, -0.25) is 18.7 Å². The van der Waals surface area contributed by atoms with Crippen molar-refractivity contribution in [2.45, 2.75) is 25.9 Å². The van der Waals surface area contributed by atoms with Gasteiger partial charge in [-0.25, -0.2) is 19.9 Å². The SMILES string of the molecule is C[C@H](Nc1cc(Cl)ncn1)c1cc2cccc(Cl)c2c(=O)n1-c1ccccc1.C[C@H](Nc1cc(N)ncn1)c1cc2cccc(Cl)c2c(=O)n1-c1ccccc1.N. The van der Waals surface area contributed by atoms with Gasteiger partial charge in [0.05, 0.1) is 32.9 Å². The molecular weight excluding hydrogens is 783 g/mol. The van der Waals surface area contributed by atoms with Gasteiger partial charge < -0.3 is 22.5 Å². The van der Waals surface area contributed by atoms with E-state index in [1.54, 1.807) is 33.4 Å². The second-order valence-corrected chi connectivity index (χ2v) is 14.0. The maximum absolute atomic E-state index is 13.4. The highest BCUT2D eigenvalue weighted by Gasteiger charge is 2.20. The standard InChI is InChI=1S/C21H16Cl2N4O.C21H18ClN5O.H3N/c2*1-13(26-19-11-18(23)24-12-25-19)17-10-14-6-5-9-16(22)20(14)21(28)27(17)15-7-3-2-4-8-15;/h2-13H,1H3,(H,24,25,26);2-13H,1H3,(H3,23,24,25,26);1H3/t2*13-;/m00./s1. The summed E-state index contributed by atoms with van der Waals surface area (Å²) in [5, 5.41) is 10.4. The summed E-state index contributed by atoms with van der Waals surface area (Å²) in [6, 6.07) is 36.6. The lowest BCUT2D eigenvalue weighted by Crippen LogP contribution is -2.25. The summed E-state index contributed by atoms with van der Waals surface area (Å²) in [4.78, 5) is 43.0. The van der Waals surface area contributed by atoms with Crippen molar-refractivity contribution in [1.29, 1.82) is 0 Å². The third-order valence-corrected chi connectivity index (χ3v) is 9.85. The first-order chi connectivity index (χ1) is 27.1. The van der Waals surface area contributed by atoms with Crippen molar-refractivity contribution < 1.29 is 0 Å². The Bertz CT molecular complexity index is 2610. The van der Waals surface area contributed by atoms with Crippen molar-refractivity contribution in [2.75, 3.05) is 16.4 Å². The van der Waals surface area contributed by atoms with Gasteiger partial charge in [-0.1, -0.05) is 95.5 Å². The molecule has 0 bridgehead atoms. The van der Waals surface area contributed by atoms with Crippen LogP contribution in [0.2, 0.25) is 15.2 Å². The van der Waals surface area contributed by atoms with Gasteiger partial charge >= 0.3 is 0 Å². The maximum atomic E-state index is 13.4. The molecule has 0 aliphatic rings. The predicted octanol–water partition coefficient (Wildman–Crippen LogP) is 9.61. The molecule has 7 N–H and O–H groups in total. The molecule has 4 aromatic heterocycles. The average molecular weight is 820 g/mol. The number of fused-ring (bicyclic) bond motifs is 2. The van der Waals surface area contributed by atoms with Crippen LogP contribution in [0.5, 0.6) is 0 Å². The van der Waals surface area contributed by atoms with E-state index < -0.39 is 0 Å². The molecule has 8 rings (SSSR count).